The van der Waals surface area contributed by atoms with Gasteiger partial charge in [0, 0.05) is 46.1 Å². The number of anilines is 3. The summed E-state index contributed by atoms with van der Waals surface area (Å²) in [5, 5.41) is 2.57. The molecule has 3 nitrogen and oxygen atoms in total. The molecule has 1 aliphatic carbocycles. The van der Waals surface area contributed by atoms with Crippen LogP contribution in [-0.4, -0.2) is 10.3 Å². The van der Waals surface area contributed by atoms with Gasteiger partial charge < -0.3 is 9.47 Å². The number of nitrogens with zero attached hydrogens (tertiary/aromatic N) is 3. The molecule has 1 aromatic heterocycles. The Balaban J connectivity index is 1.25. The van der Waals surface area contributed by atoms with Crippen molar-refractivity contribution in [3.63, 3.8) is 0 Å². The van der Waals surface area contributed by atoms with Crippen LogP contribution < -0.4 is 9.48 Å². The van der Waals surface area contributed by atoms with Gasteiger partial charge in [0.05, 0.1) is 16.9 Å². The lowest BCUT2D eigenvalue weighted by atomic mass is 9.73. The lowest BCUT2D eigenvalue weighted by Crippen LogP contribution is -2.30. The first kappa shape index (κ1) is 27.2. The van der Waals surface area contributed by atoms with Crippen LogP contribution in [0.1, 0.15) is 31.0 Å². The van der Waals surface area contributed by atoms with Gasteiger partial charge in [0.25, 0.3) is 0 Å². The molecule has 0 radical (unpaired) electrons. The van der Waals surface area contributed by atoms with E-state index in [2.05, 4.69) is 192 Å². The maximum absolute atomic E-state index is 2.54. The van der Waals surface area contributed by atoms with Crippen LogP contribution in [0.2, 0.25) is 0 Å². The monoisotopic (exact) mass is 616 g/mol. The SMILES string of the molecule is CC1(C)c2ccccc2N(c2ccccc2)c2ccc(-c3cc4c5c(c3)c3ccccc3n5C3C=CC=CC3=[N+]4c3ccccc3)cc21. The molecule has 0 N–H and O–H groups in total. The van der Waals surface area contributed by atoms with Crippen LogP contribution in [0.3, 0.4) is 0 Å². The van der Waals surface area contributed by atoms with Gasteiger partial charge in [-0.2, -0.15) is 4.58 Å². The van der Waals surface area contributed by atoms with Gasteiger partial charge in [-0.25, -0.2) is 0 Å². The Morgan fingerprint density at radius 2 is 1.33 bits per heavy atom. The van der Waals surface area contributed by atoms with Gasteiger partial charge >= 0.3 is 0 Å². The Morgan fingerprint density at radius 3 is 2.19 bits per heavy atom. The molecule has 228 valence electrons. The predicted octanol–water partition coefficient (Wildman–Crippen LogP) is 11.5. The molecule has 1 atom stereocenters. The summed E-state index contributed by atoms with van der Waals surface area (Å²) in [5.41, 5.74) is 14.8. The van der Waals surface area contributed by atoms with E-state index in [4.69, 9.17) is 0 Å². The average Bonchev–Trinajstić information content (AvgIpc) is 3.48. The number of hydrogen-bond donors (Lipinski definition) is 0. The van der Waals surface area contributed by atoms with Gasteiger partial charge in [0.15, 0.2) is 0 Å². The van der Waals surface area contributed by atoms with Crippen LogP contribution >= 0.6 is 0 Å². The summed E-state index contributed by atoms with van der Waals surface area (Å²) in [5.74, 6) is 0. The lowest BCUT2D eigenvalue weighted by molar-refractivity contribution is 0.632. The van der Waals surface area contributed by atoms with Crippen molar-refractivity contribution < 1.29 is 0 Å². The third-order valence-corrected chi connectivity index (χ3v) is 10.6. The number of hydrogen-bond acceptors (Lipinski definition) is 1. The highest BCUT2D eigenvalue weighted by molar-refractivity contribution is 6.19. The zero-order valence-corrected chi connectivity index (χ0v) is 27.0. The topological polar surface area (TPSA) is 11.2 Å². The molecule has 0 saturated carbocycles. The average molecular weight is 617 g/mol. The number of benzene rings is 6. The number of allylic oxidation sites excluding steroid dienone is 4. The minimum Gasteiger partial charge on any atom is -0.318 e. The molecule has 0 fully saturated rings. The fourth-order valence-corrected chi connectivity index (χ4v) is 8.42. The number of rotatable bonds is 3. The predicted molar refractivity (Wildman–Crippen MR) is 202 cm³/mol. The van der Waals surface area contributed by atoms with E-state index in [0.29, 0.717) is 0 Å². The van der Waals surface area contributed by atoms with Gasteiger partial charge in [-0.3, -0.25) is 0 Å². The summed E-state index contributed by atoms with van der Waals surface area (Å²) in [6.07, 6.45) is 8.96. The second-order valence-corrected chi connectivity index (χ2v) is 13.6. The maximum Gasteiger partial charge on any atom is 0.236 e. The highest BCUT2D eigenvalue weighted by Gasteiger charge is 2.39. The van der Waals surface area contributed by atoms with Crippen molar-refractivity contribution in [1.29, 1.82) is 0 Å². The van der Waals surface area contributed by atoms with Crippen molar-refractivity contribution >= 4 is 56.0 Å². The van der Waals surface area contributed by atoms with E-state index < -0.39 is 0 Å². The third-order valence-electron chi connectivity index (χ3n) is 10.6. The number of aromatic nitrogens is 1. The fraction of sp³-hybridized carbons (Fsp3) is 0.0889. The molecule has 0 spiro atoms. The lowest BCUT2D eigenvalue weighted by Gasteiger charge is -2.42. The van der Waals surface area contributed by atoms with E-state index in [9.17, 15) is 0 Å². The summed E-state index contributed by atoms with van der Waals surface area (Å²) in [4.78, 5) is 2.43. The Hall–Kier alpha value is -5.93. The van der Waals surface area contributed by atoms with Crippen LogP contribution in [0, 0.1) is 0 Å². The second-order valence-electron chi connectivity index (χ2n) is 13.6. The third kappa shape index (κ3) is 3.73. The normalized spacial score (nSPS) is 17.0. The van der Waals surface area contributed by atoms with E-state index in [0.717, 1.165) is 0 Å². The maximum atomic E-state index is 2.54. The Kier molecular flexibility index (Phi) is 5.69. The number of para-hydroxylation sites is 4. The molecule has 10 rings (SSSR count). The molecule has 3 aliphatic rings. The van der Waals surface area contributed by atoms with Crippen molar-refractivity contribution in [2.75, 3.05) is 4.90 Å². The molecule has 3 heterocycles. The van der Waals surface area contributed by atoms with E-state index in [1.165, 1.54) is 78.2 Å². The molecule has 2 aliphatic heterocycles. The van der Waals surface area contributed by atoms with Crippen molar-refractivity contribution in [3.05, 3.63) is 175 Å². The highest BCUT2D eigenvalue weighted by atomic mass is 15.2. The summed E-state index contributed by atoms with van der Waals surface area (Å²) in [6.45, 7) is 4.74. The van der Waals surface area contributed by atoms with Gasteiger partial charge in [0.1, 0.15) is 11.6 Å². The summed E-state index contributed by atoms with van der Waals surface area (Å²) in [7, 11) is 0. The minimum atomic E-state index is -0.181. The molecule has 48 heavy (non-hydrogen) atoms. The summed E-state index contributed by atoms with van der Waals surface area (Å²) < 4.78 is 5.02. The smallest absolute Gasteiger partial charge is 0.236 e. The van der Waals surface area contributed by atoms with E-state index in [1.807, 2.05) is 0 Å². The van der Waals surface area contributed by atoms with Crippen molar-refractivity contribution in [2.45, 2.75) is 25.3 Å². The Morgan fingerprint density at radius 1 is 0.604 bits per heavy atom. The Bertz CT molecular complexity index is 2530. The van der Waals surface area contributed by atoms with Crippen LogP contribution in [0.25, 0.3) is 32.9 Å². The van der Waals surface area contributed by atoms with Crippen LogP contribution in [0.5, 0.6) is 0 Å². The van der Waals surface area contributed by atoms with Gasteiger partial charge in [-0.15, -0.1) is 0 Å². The zero-order valence-electron chi connectivity index (χ0n) is 27.0. The van der Waals surface area contributed by atoms with Crippen LogP contribution in [0.15, 0.2) is 164 Å². The molecule has 0 saturated heterocycles. The summed E-state index contributed by atoms with van der Waals surface area (Å²) >= 11 is 0. The Labute approximate surface area is 280 Å². The van der Waals surface area contributed by atoms with Gasteiger partial charge in [-0.1, -0.05) is 111 Å². The van der Waals surface area contributed by atoms with Gasteiger partial charge in [0.2, 0.25) is 17.1 Å². The highest BCUT2D eigenvalue weighted by Crippen LogP contribution is 2.53. The summed E-state index contributed by atoms with van der Waals surface area (Å²) in [6, 6.07) is 51.4. The molecule has 6 aromatic carbocycles. The minimum absolute atomic E-state index is 0.115. The van der Waals surface area contributed by atoms with Crippen LogP contribution in [-0.2, 0) is 5.41 Å². The van der Waals surface area contributed by atoms with Crippen molar-refractivity contribution in [2.24, 2.45) is 0 Å². The first-order valence-electron chi connectivity index (χ1n) is 16.8. The zero-order chi connectivity index (χ0) is 32.0. The molecular weight excluding hydrogens is 583 g/mol. The van der Waals surface area contributed by atoms with Crippen molar-refractivity contribution in [1.82, 2.24) is 9.14 Å². The van der Waals surface area contributed by atoms with Gasteiger partial charge in [-0.05, 0) is 64.7 Å². The quantitative estimate of drug-likeness (QED) is 0.180. The van der Waals surface area contributed by atoms with Crippen LogP contribution in [0.4, 0.5) is 28.4 Å². The molecule has 3 heteroatoms. The van der Waals surface area contributed by atoms with E-state index in [1.54, 1.807) is 0 Å². The molecular formula is C45H34N3+. The second kappa shape index (κ2) is 10.0. The number of fused-ring (bicyclic) bond motifs is 7. The molecule has 0 bridgehead atoms. The first-order chi connectivity index (χ1) is 23.6. The molecule has 1 unspecified atom stereocenters. The van der Waals surface area contributed by atoms with E-state index >= 15 is 0 Å². The molecule has 0 amide bonds. The fourth-order valence-electron chi connectivity index (χ4n) is 8.42. The van der Waals surface area contributed by atoms with Crippen molar-refractivity contribution in [3.8, 4) is 11.1 Å². The standard InChI is InChI=1S/C45H34N3/c1-45(2)36-20-10-12-22-39(36)46(32-15-5-3-6-16-32)40-26-25-30(28-37(40)45)31-27-35-34-19-9-11-21-38(34)48-42-24-14-13-23-41(42)47(43(29-31)44(35)48)33-17-7-4-8-18-33/h3-29,42H,1-2H3/q+1. The largest absolute Gasteiger partial charge is 0.318 e. The van der Waals surface area contributed by atoms with E-state index in [-0.39, 0.29) is 11.5 Å². The molecule has 7 aromatic rings. The first-order valence-corrected chi connectivity index (χ1v) is 16.8.